The van der Waals surface area contributed by atoms with Gasteiger partial charge in [0.2, 0.25) is 0 Å². The smallest absolute Gasteiger partial charge is 0.123 e. The molecular weight excluding hydrogens is 207 g/mol. The molecule has 0 aliphatic heterocycles. The maximum atomic E-state index is 12.8. The molecule has 0 spiro atoms. The Hall–Kier alpha value is -1.75. The predicted molar refractivity (Wildman–Crippen MR) is 58.6 cm³/mol. The van der Waals surface area contributed by atoms with Crippen LogP contribution in [0.1, 0.15) is 18.3 Å². The molecule has 0 saturated heterocycles. The van der Waals surface area contributed by atoms with Crippen molar-refractivity contribution in [1.82, 2.24) is 15.0 Å². The normalized spacial score (nSPS) is 10.7. The molecule has 84 valence electrons. The highest BCUT2D eigenvalue weighted by Gasteiger charge is 2.10. The van der Waals surface area contributed by atoms with E-state index in [1.54, 1.807) is 16.8 Å². The third-order valence-corrected chi connectivity index (χ3v) is 2.44. The lowest BCUT2D eigenvalue weighted by Crippen LogP contribution is -2.08. The summed E-state index contributed by atoms with van der Waals surface area (Å²) < 4.78 is 14.4. The summed E-state index contributed by atoms with van der Waals surface area (Å²) in [5, 5.41) is 8.07. The first kappa shape index (κ1) is 10.8. The Balaban J connectivity index is 2.47. The van der Waals surface area contributed by atoms with Gasteiger partial charge in [0.25, 0.3) is 0 Å². The number of aryl methyl sites for hydroxylation is 1. The van der Waals surface area contributed by atoms with Crippen LogP contribution in [0.4, 0.5) is 4.39 Å². The molecule has 1 aromatic carbocycles. The number of hydrogen-bond donors (Lipinski definition) is 1. The van der Waals surface area contributed by atoms with Crippen LogP contribution in [0.5, 0.6) is 0 Å². The Morgan fingerprint density at radius 1 is 1.31 bits per heavy atom. The molecule has 2 aromatic rings. The highest BCUT2D eigenvalue weighted by atomic mass is 19.1. The minimum absolute atomic E-state index is 0.270. The van der Waals surface area contributed by atoms with Crippen molar-refractivity contribution in [2.45, 2.75) is 19.9 Å². The first-order valence-corrected chi connectivity index (χ1v) is 5.15. The predicted octanol–water partition coefficient (Wildman–Crippen LogP) is 1.43. The molecule has 0 saturated carbocycles. The molecule has 16 heavy (non-hydrogen) atoms. The van der Waals surface area contributed by atoms with Gasteiger partial charge in [-0.05, 0) is 30.7 Å². The van der Waals surface area contributed by atoms with E-state index in [9.17, 15) is 4.39 Å². The van der Waals surface area contributed by atoms with Crippen molar-refractivity contribution in [2.24, 2.45) is 5.73 Å². The Morgan fingerprint density at radius 3 is 2.56 bits per heavy atom. The summed E-state index contributed by atoms with van der Waals surface area (Å²) in [5.41, 5.74) is 8.19. The molecule has 0 amide bonds. The number of nitrogens with two attached hydrogens (primary N) is 1. The Morgan fingerprint density at radius 2 is 2.00 bits per heavy atom. The number of benzene rings is 1. The molecular formula is C11H13FN4. The van der Waals surface area contributed by atoms with E-state index in [4.69, 9.17) is 5.73 Å². The third kappa shape index (κ3) is 1.81. The fourth-order valence-electron chi connectivity index (χ4n) is 1.60. The molecule has 1 aromatic heterocycles. The minimum atomic E-state index is -0.270. The Kier molecular flexibility index (Phi) is 2.96. The molecule has 4 nitrogen and oxygen atoms in total. The van der Waals surface area contributed by atoms with Crippen LogP contribution >= 0.6 is 0 Å². The summed E-state index contributed by atoms with van der Waals surface area (Å²) >= 11 is 0. The zero-order chi connectivity index (χ0) is 11.5. The van der Waals surface area contributed by atoms with E-state index in [1.165, 1.54) is 12.1 Å². The van der Waals surface area contributed by atoms with Gasteiger partial charge in [-0.2, -0.15) is 0 Å². The van der Waals surface area contributed by atoms with Gasteiger partial charge in [-0.25, -0.2) is 9.07 Å². The fourth-order valence-corrected chi connectivity index (χ4v) is 1.60. The van der Waals surface area contributed by atoms with Crippen LogP contribution in [-0.4, -0.2) is 15.0 Å². The topological polar surface area (TPSA) is 56.7 Å². The van der Waals surface area contributed by atoms with E-state index in [2.05, 4.69) is 10.3 Å². The van der Waals surface area contributed by atoms with E-state index >= 15 is 0 Å². The lowest BCUT2D eigenvalue weighted by molar-refractivity contribution is 0.626. The van der Waals surface area contributed by atoms with Crippen molar-refractivity contribution in [3.05, 3.63) is 41.5 Å². The number of hydrogen-bond acceptors (Lipinski definition) is 3. The lowest BCUT2D eigenvalue weighted by Gasteiger charge is -2.04. The van der Waals surface area contributed by atoms with Gasteiger partial charge in [0.05, 0.1) is 17.1 Å². The van der Waals surface area contributed by atoms with Crippen molar-refractivity contribution in [3.63, 3.8) is 0 Å². The van der Waals surface area contributed by atoms with Crippen LogP contribution < -0.4 is 5.73 Å². The van der Waals surface area contributed by atoms with Gasteiger partial charge >= 0.3 is 0 Å². The highest BCUT2D eigenvalue weighted by Crippen LogP contribution is 2.13. The zero-order valence-corrected chi connectivity index (χ0v) is 9.02. The fraction of sp³-hybridized carbons (Fsp3) is 0.273. The van der Waals surface area contributed by atoms with E-state index < -0.39 is 0 Å². The molecule has 0 unspecified atom stereocenters. The average molecular weight is 220 g/mol. The Labute approximate surface area is 92.9 Å². The molecule has 0 aliphatic carbocycles. The monoisotopic (exact) mass is 220 g/mol. The second-order valence-corrected chi connectivity index (χ2v) is 3.43. The molecule has 0 radical (unpaired) electrons. The summed E-state index contributed by atoms with van der Waals surface area (Å²) in [6.07, 6.45) is 0.785. The van der Waals surface area contributed by atoms with Gasteiger partial charge in [-0.15, -0.1) is 5.10 Å². The van der Waals surface area contributed by atoms with Gasteiger partial charge in [0.15, 0.2) is 0 Å². The summed E-state index contributed by atoms with van der Waals surface area (Å²) in [6, 6.07) is 6.09. The van der Waals surface area contributed by atoms with Crippen molar-refractivity contribution >= 4 is 0 Å². The Bertz CT molecular complexity index is 475. The second-order valence-electron chi connectivity index (χ2n) is 3.43. The summed E-state index contributed by atoms with van der Waals surface area (Å²) in [7, 11) is 0. The average Bonchev–Trinajstić information content (AvgIpc) is 2.72. The number of halogens is 1. The van der Waals surface area contributed by atoms with Gasteiger partial charge in [0, 0.05) is 6.54 Å². The van der Waals surface area contributed by atoms with Crippen molar-refractivity contribution in [2.75, 3.05) is 0 Å². The van der Waals surface area contributed by atoms with E-state index in [0.717, 1.165) is 23.5 Å². The van der Waals surface area contributed by atoms with Crippen LogP contribution in [0.15, 0.2) is 24.3 Å². The molecule has 0 atom stereocenters. The van der Waals surface area contributed by atoms with Crippen molar-refractivity contribution in [3.8, 4) is 5.69 Å². The lowest BCUT2D eigenvalue weighted by atomic mass is 10.2. The van der Waals surface area contributed by atoms with Crippen molar-refractivity contribution < 1.29 is 4.39 Å². The largest absolute Gasteiger partial charge is 0.325 e. The van der Waals surface area contributed by atoms with Gasteiger partial charge in [0.1, 0.15) is 5.82 Å². The number of rotatable bonds is 3. The van der Waals surface area contributed by atoms with E-state index in [0.29, 0.717) is 6.54 Å². The first-order chi connectivity index (χ1) is 7.76. The number of nitrogens with zero attached hydrogens (tertiary/aromatic N) is 3. The van der Waals surface area contributed by atoms with Crippen LogP contribution in [0.25, 0.3) is 5.69 Å². The van der Waals surface area contributed by atoms with E-state index in [1.807, 2.05) is 6.92 Å². The maximum Gasteiger partial charge on any atom is 0.123 e. The van der Waals surface area contributed by atoms with Crippen LogP contribution in [0, 0.1) is 5.82 Å². The second kappa shape index (κ2) is 4.40. The standard InChI is InChI=1S/C11H13FN4/c1-2-10-11(7-13)16(15-14-10)9-5-3-8(12)4-6-9/h3-6H,2,7,13H2,1H3. The molecule has 0 aliphatic rings. The zero-order valence-electron chi connectivity index (χ0n) is 9.02. The third-order valence-electron chi connectivity index (χ3n) is 2.44. The summed E-state index contributed by atoms with van der Waals surface area (Å²) in [6.45, 7) is 2.37. The molecule has 0 fully saturated rings. The van der Waals surface area contributed by atoms with Crippen LogP contribution in [-0.2, 0) is 13.0 Å². The summed E-state index contributed by atoms with van der Waals surface area (Å²) in [5.74, 6) is -0.270. The number of aromatic nitrogens is 3. The SMILES string of the molecule is CCc1nnn(-c2ccc(F)cc2)c1CN. The summed E-state index contributed by atoms with van der Waals surface area (Å²) in [4.78, 5) is 0. The van der Waals surface area contributed by atoms with Crippen molar-refractivity contribution in [1.29, 1.82) is 0 Å². The maximum absolute atomic E-state index is 12.8. The molecule has 5 heteroatoms. The first-order valence-electron chi connectivity index (χ1n) is 5.15. The van der Waals surface area contributed by atoms with E-state index in [-0.39, 0.29) is 5.82 Å². The molecule has 1 heterocycles. The molecule has 2 rings (SSSR count). The molecule has 2 N–H and O–H groups in total. The van der Waals surface area contributed by atoms with Gasteiger partial charge in [-0.1, -0.05) is 12.1 Å². The van der Waals surface area contributed by atoms with Gasteiger partial charge < -0.3 is 5.73 Å². The minimum Gasteiger partial charge on any atom is -0.325 e. The van der Waals surface area contributed by atoms with Crippen LogP contribution in [0.2, 0.25) is 0 Å². The van der Waals surface area contributed by atoms with Gasteiger partial charge in [-0.3, -0.25) is 0 Å². The quantitative estimate of drug-likeness (QED) is 0.851. The molecule has 0 bridgehead atoms. The van der Waals surface area contributed by atoms with Crippen LogP contribution in [0.3, 0.4) is 0 Å². The highest BCUT2D eigenvalue weighted by molar-refractivity contribution is 5.33.